The average molecular weight is 530 g/mol. The number of hydrogen-bond acceptors (Lipinski definition) is 5. The Morgan fingerprint density at radius 2 is 1.76 bits per heavy atom. The van der Waals surface area contributed by atoms with Crippen molar-refractivity contribution in [1.82, 2.24) is 10.2 Å². The van der Waals surface area contributed by atoms with Gasteiger partial charge in [0.2, 0.25) is 21.8 Å². The van der Waals surface area contributed by atoms with Gasteiger partial charge in [-0.3, -0.25) is 13.9 Å². The van der Waals surface area contributed by atoms with Crippen LogP contribution in [-0.2, 0) is 26.2 Å². The van der Waals surface area contributed by atoms with Crippen LogP contribution in [0.15, 0.2) is 48.5 Å². The number of nitrogens with one attached hydrogen (secondary N) is 1. The molecule has 0 saturated heterocycles. The number of sulfonamides is 1. The molecule has 1 aliphatic rings. The number of ether oxygens (including phenoxy) is 1. The standard InChI is InChI=1S/C28H39N3O5S/c1-5-26(28(33)29-23-11-7-6-8-12-23)30(19-22-10-9-13-25(18-22)36-3)27(32)20-31(37(4,34)35)24-16-14-21(2)15-17-24/h9-10,13-18,23,26H,5-8,11-12,19-20H2,1-4H3,(H,29,33)/t26-/m0/s1. The highest BCUT2D eigenvalue weighted by Gasteiger charge is 2.32. The molecule has 1 aliphatic carbocycles. The van der Waals surface area contributed by atoms with Crippen LogP contribution in [0, 0.1) is 6.92 Å². The van der Waals surface area contributed by atoms with Gasteiger partial charge in [-0.15, -0.1) is 0 Å². The Kier molecular flexibility index (Phi) is 9.97. The number of amides is 2. The van der Waals surface area contributed by atoms with Crippen LogP contribution in [0.2, 0.25) is 0 Å². The predicted molar refractivity (Wildman–Crippen MR) is 146 cm³/mol. The van der Waals surface area contributed by atoms with Crippen LogP contribution in [0.1, 0.15) is 56.6 Å². The van der Waals surface area contributed by atoms with E-state index in [9.17, 15) is 18.0 Å². The Labute approximate surface area is 221 Å². The van der Waals surface area contributed by atoms with Crippen molar-refractivity contribution < 1.29 is 22.7 Å². The van der Waals surface area contributed by atoms with Gasteiger partial charge in [0.15, 0.2) is 0 Å². The summed E-state index contributed by atoms with van der Waals surface area (Å²) in [7, 11) is -2.18. The first kappa shape index (κ1) is 28.5. The summed E-state index contributed by atoms with van der Waals surface area (Å²) in [5.74, 6) is -0.00614. The number of carbonyl (C=O) groups excluding carboxylic acids is 2. The zero-order valence-electron chi connectivity index (χ0n) is 22.3. The fraction of sp³-hybridized carbons (Fsp3) is 0.500. The fourth-order valence-corrected chi connectivity index (χ4v) is 5.61. The third-order valence-corrected chi connectivity index (χ3v) is 7.97. The first-order valence-electron chi connectivity index (χ1n) is 12.9. The molecule has 9 heteroatoms. The number of rotatable bonds is 11. The van der Waals surface area contributed by atoms with Crippen LogP contribution in [-0.4, -0.2) is 57.1 Å². The third kappa shape index (κ3) is 7.95. The summed E-state index contributed by atoms with van der Waals surface area (Å²) >= 11 is 0. The first-order chi connectivity index (χ1) is 17.6. The zero-order chi connectivity index (χ0) is 27.0. The second-order valence-corrected chi connectivity index (χ2v) is 11.7. The van der Waals surface area contributed by atoms with Crippen LogP contribution in [0.3, 0.4) is 0 Å². The maximum Gasteiger partial charge on any atom is 0.244 e. The summed E-state index contributed by atoms with van der Waals surface area (Å²) in [4.78, 5) is 28.7. The van der Waals surface area contributed by atoms with E-state index in [0.717, 1.165) is 47.4 Å². The minimum absolute atomic E-state index is 0.101. The molecular weight excluding hydrogens is 490 g/mol. The highest BCUT2D eigenvalue weighted by molar-refractivity contribution is 7.92. The smallest absolute Gasteiger partial charge is 0.244 e. The lowest BCUT2D eigenvalue weighted by atomic mass is 9.95. The molecule has 0 heterocycles. The number of benzene rings is 2. The summed E-state index contributed by atoms with van der Waals surface area (Å²) in [5.41, 5.74) is 2.17. The minimum atomic E-state index is -3.75. The van der Waals surface area contributed by atoms with Gasteiger partial charge in [-0.25, -0.2) is 8.42 Å². The Balaban J connectivity index is 1.92. The number of carbonyl (C=O) groups is 2. The van der Waals surface area contributed by atoms with Gasteiger partial charge in [-0.2, -0.15) is 0 Å². The molecule has 1 fully saturated rings. The minimum Gasteiger partial charge on any atom is -0.497 e. The van der Waals surface area contributed by atoms with Crippen molar-refractivity contribution in [2.75, 3.05) is 24.2 Å². The van der Waals surface area contributed by atoms with Crippen LogP contribution >= 0.6 is 0 Å². The fourth-order valence-electron chi connectivity index (χ4n) is 4.76. The van der Waals surface area contributed by atoms with Gasteiger partial charge in [0.05, 0.1) is 19.1 Å². The Morgan fingerprint density at radius 1 is 1.08 bits per heavy atom. The van der Waals surface area contributed by atoms with E-state index in [1.54, 1.807) is 31.4 Å². The lowest BCUT2D eigenvalue weighted by Crippen LogP contribution is -2.53. The largest absolute Gasteiger partial charge is 0.497 e. The molecule has 1 N–H and O–H groups in total. The van der Waals surface area contributed by atoms with Gasteiger partial charge in [-0.05, 0) is 56.0 Å². The predicted octanol–water partition coefficient (Wildman–Crippen LogP) is 4.03. The van der Waals surface area contributed by atoms with Crippen LogP contribution in [0.4, 0.5) is 5.69 Å². The lowest BCUT2D eigenvalue weighted by Gasteiger charge is -2.34. The number of anilines is 1. The maximum atomic E-state index is 13.8. The first-order valence-corrected chi connectivity index (χ1v) is 14.7. The van der Waals surface area contributed by atoms with Crippen molar-refractivity contribution in [2.45, 2.75) is 71.0 Å². The molecule has 0 radical (unpaired) electrons. The molecule has 3 rings (SSSR count). The topological polar surface area (TPSA) is 96.0 Å². The Morgan fingerprint density at radius 3 is 2.35 bits per heavy atom. The summed E-state index contributed by atoms with van der Waals surface area (Å²) in [6, 6.07) is 13.7. The van der Waals surface area contributed by atoms with E-state index >= 15 is 0 Å². The zero-order valence-corrected chi connectivity index (χ0v) is 23.1. The summed E-state index contributed by atoms with van der Waals surface area (Å²) in [5, 5.41) is 3.15. The summed E-state index contributed by atoms with van der Waals surface area (Å²) in [6.07, 6.45) is 6.67. The van der Waals surface area contributed by atoms with Gasteiger partial charge in [-0.1, -0.05) is 56.0 Å². The van der Waals surface area contributed by atoms with Crippen molar-refractivity contribution >= 4 is 27.5 Å². The number of aryl methyl sites for hydroxylation is 1. The molecule has 2 aromatic rings. The molecule has 2 amide bonds. The molecule has 37 heavy (non-hydrogen) atoms. The Hall–Kier alpha value is -3.07. The molecule has 202 valence electrons. The quantitative estimate of drug-likeness (QED) is 0.474. The molecule has 0 aromatic heterocycles. The molecule has 1 atom stereocenters. The van der Waals surface area contributed by atoms with E-state index in [2.05, 4.69) is 5.32 Å². The van der Waals surface area contributed by atoms with E-state index in [4.69, 9.17) is 4.74 Å². The molecule has 0 spiro atoms. The van der Waals surface area contributed by atoms with Crippen LogP contribution in [0.25, 0.3) is 0 Å². The molecule has 0 aliphatic heterocycles. The Bertz CT molecular complexity index is 1160. The van der Waals surface area contributed by atoms with Crippen molar-refractivity contribution in [2.24, 2.45) is 0 Å². The lowest BCUT2D eigenvalue weighted by molar-refractivity contribution is -0.140. The van der Waals surface area contributed by atoms with Crippen molar-refractivity contribution in [1.29, 1.82) is 0 Å². The molecule has 0 bridgehead atoms. The number of hydrogen-bond donors (Lipinski definition) is 1. The monoisotopic (exact) mass is 529 g/mol. The normalized spacial score (nSPS) is 15.0. The summed E-state index contributed by atoms with van der Waals surface area (Å²) in [6.45, 7) is 3.52. The highest BCUT2D eigenvalue weighted by atomic mass is 32.2. The van der Waals surface area contributed by atoms with Crippen molar-refractivity contribution in [3.63, 3.8) is 0 Å². The van der Waals surface area contributed by atoms with Gasteiger partial charge in [0, 0.05) is 12.6 Å². The van der Waals surface area contributed by atoms with E-state index < -0.39 is 28.5 Å². The summed E-state index contributed by atoms with van der Waals surface area (Å²) < 4.78 is 31.9. The van der Waals surface area contributed by atoms with Gasteiger partial charge < -0.3 is 15.0 Å². The molecular formula is C28H39N3O5S. The van der Waals surface area contributed by atoms with Gasteiger partial charge >= 0.3 is 0 Å². The third-order valence-electron chi connectivity index (χ3n) is 6.83. The second-order valence-electron chi connectivity index (χ2n) is 9.75. The average Bonchev–Trinajstić information content (AvgIpc) is 2.87. The number of nitrogens with zero attached hydrogens (tertiary/aromatic N) is 2. The molecule has 8 nitrogen and oxygen atoms in total. The maximum absolute atomic E-state index is 13.8. The van der Waals surface area contributed by atoms with Crippen molar-refractivity contribution in [3.05, 3.63) is 59.7 Å². The van der Waals surface area contributed by atoms with E-state index in [1.807, 2.05) is 38.1 Å². The van der Waals surface area contributed by atoms with Gasteiger partial charge in [0.25, 0.3) is 0 Å². The number of methoxy groups -OCH3 is 1. The second kappa shape index (κ2) is 12.9. The SMILES string of the molecule is CC[C@@H](C(=O)NC1CCCCC1)N(Cc1cccc(OC)c1)C(=O)CN(c1ccc(C)cc1)S(C)(=O)=O. The van der Waals surface area contributed by atoms with Crippen LogP contribution in [0.5, 0.6) is 5.75 Å². The highest BCUT2D eigenvalue weighted by Crippen LogP contribution is 2.22. The van der Waals surface area contributed by atoms with Crippen LogP contribution < -0.4 is 14.4 Å². The molecule has 0 unspecified atom stereocenters. The van der Waals surface area contributed by atoms with E-state index in [1.165, 1.54) is 11.3 Å². The van der Waals surface area contributed by atoms with Crippen molar-refractivity contribution in [3.8, 4) is 5.75 Å². The van der Waals surface area contributed by atoms with Gasteiger partial charge in [0.1, 0.15) is 18.3 Å². The van der Waals surface area contributed by atoms with E-state index in [-0.39, 0.29) is 18.5 Å². The van der Waals surface area contributed by atoms with E-state index in [0.29, 0.717) is 17.9 Å². The molecule has 2 aromatic carbocycles. The molecule has 1 saturated carbocycles.